The van der Waals surface area contributed by atoms with Crippen LogP contribution in [0, 0.1) is 13.8 Å². The molecule has 2 nitrogen and oxygen atoms in total. The van der Waals surface area contributed by atoms with Crippen molar-refractivity contribution < 1.29 is 9.47 Å². The van der Waals surface area contributed by atoms with Gasteiger partial charge in [-0.05, 0) is 101 Å². The van der Waals surface area contributed by atoms with E-state index >= 15 is 0 Å². The molecule has 3 rings (SSSR count). The summed E-state index contributed by atoms with van der Waals surface area (Å²) in [5.41, 5.74) is 5.09. The summed E-state index contributed by atoms with van der Waals surface area (Å²) >= 11 is 5.42. The fourth-order valence-corrected chi connectivity index (χ4v) is 4.68. The molecule has 4 heteroatoms. The summed E-state index contributed by atoms with van der Waals surface area (Å²) in [6, 6.07) is 14.6. The highest BCUT2D eigenvalue weighted by Crippen LogP contribution is 2.43. The molecule has 2 aromatic carbocycles. The zero-order valence-corrected chi connectivity index (χ0v) is 17.3. The van der Waals surface area contributed by atoms with Gasteiger partial charge in [-0.1, -0.05) is 0 Å². The first-order chi connectivity index (χ1) is 12.0. The van der Waals surface area contributed by atoms with E-state index in [0.29, 0.717) is 6.61 Å². The molecule has 0 atom stereocenters. The number of rotatable bonds is 5. The molecule has 0 aliphatic carbocycles. The lowest BCUT2D eigenvalue weighted by Crippen LogP contribution is -1.90. The third-order valence-corrected chi connectivity index (χ3v) is 6.40. The van der Waals surface area contributed by atoms with Crippen molar-refractivity contribution in [3.8, 4) is 32.4 Å². The minimum atomic E-state index is 0.687. The van der Waals surface area contributed by atoms with Gasteiger partial charge in [-0.2, -0.15) is 0 Å². The second-order valence-electron chi connectivity index (χ2n) is 5.82. The topological polar surface area (TPSA) is 18.5 Å². The first-order valence-corrected chi connectivity index (χ1v) is 9.83. The lowest BCUT2D eigenvalue weighted by Gasteiger charge is -2.06. The Kier molecular flexibility index (Phi) is 5.50. The zero-order valence-electron chi connectivity index (χ0n) is 14.9. The Bertz CT molecular complexity index is 882. The van der Waals surface area contributed by atoms with Crippen LogP contribution in [0.5, 0.6) is 11.5 Å². The van der Waals surface area contributed by atoms with Crippen LogP contribution in [0.2, 0.25) is 0 Å². The number of hydrogen-bond acceptors (Lipinski definition) is 3. The van der Waals surface area contributed by atoms with Crippen LogP contribution in [0.15, 0.2) is 46.9 Å². The predicted molar refractivity (Wildman–Crippen MR) is 110 cm³/mol. The molecule has 130 valence electrons. The van der Waals surface area contributed by atoms with Crippen LogP contribution >= 0.6 is 27.3 Å². The van der Waals surface area contributed by atoms with Crippen molar-refractivity contribution in [3.63, 3.8) is 0 Å². The number of thiophene rings is 1. The molecule has 0 spiro atoms. The number of ether oxygens (including phenoxy) is 2. The molecule has 0 aliphatic rings. The average Bonchev–Trinajstić information content (AvgIpc) is 2.91. The molecule has 0 aliphatic heterocycles. The lowest BCUT2D eigenvalue weighted by molar-refractivity contribution is 0.340. The molecule has 0 unspecified atom stereocenters. The molecule has 0 bridgehead atoms. The number of hydrogen-bond donors (Lipinski definition) is 0. The maximum atomic E-state index is 5.55. The Morgan fingerprint density at radius 3 is 2.08 bits per heavy atom. The Morgan fingerprint density at radius 2 is 1.52 bits per heavy atom. The number of benzene rings is 2. The highest BCUT2D eigenvalue weighted by molar-refractivity contribution is 9.10. The minimum Gasteiger partial charge on any atom is -0.496 e. The van der Waals surface area contributed by atoms with E-state index in [1.54, 1.807) is 7.11 Å². The van der Waals surface area contributed by atoms with Crippen molar-refractivity contribution in [3.05, 3.63) is 58.1 Å². The Balaban J connectivity index is 2.01. The van der Waals surface area contributed by atoms with Gasteiger partial charge in [-0.25, -0.2) is 0 Å². The van der Waals surface area contributed by atoms with Gasteiger partial charge < -0.3 is 9.47 Å². The van der Waals surface area contributed by atoms with Gasteiger partial charge in [0.15, 0.2) is 0 Å². The van der Waals surface area contributed by atoms with Crippen LogP contribution in [-0.2, 0) is 0 Å². The fraction of sp³-hybridized carbons (Fsp3) is 0.238. The van der Waals surface area contributed by atoms with Crippen LogP contribution in [0.3, 0.4) is 0 Å². The minimum absolute atomic E-state index is 0.687. The van der Waals surface area contributed by atoms with E-state index in [-0.39, 0.29) is 0 Å². The number of halogens is 1. The van der Waals surface area contributed by atoms with Gasteiger partial charge >= 0.3 is 0 Å². The molecule has 0 amide bonds. The second kappa shape index (κ2) is 7.63. The van der Waals surface area contributed by atoms with E-state index < -0.39 is 0 Å². The molecule has 3 aromatic rings. The molecular weight excluding hydrogens is 396 g/mol. The van der Waals surface area contributed by atoms with Crippen LogP contribution in [0.25, 0.3) is 20.9 Å². The van der Waals surface area contributed by atoms with Crippen LogP contribution in [-0.4, -0.2) is 13.7 Å². The maximum absolute atomic E-state index is 5.55. The summed E-state index contributed by atoms with van der Waals surface area (Å²) in [5.74, 6) is 1.76. The summed E-state index contributed by atoms with van der Waals surface area (Å²) in [7, 11) is 1.68. The van der Waals surface area contributed by atoms with Crippen molar-refractivity contribution in [2.24, 2.45) is 0 Å². The van der Waals surface area contributed by atoms with Gasteiger partial charge in [0.05, 0.1) is 18.2 Å². The van der Waals surface area contributed by atoms with Gasteiger partial charge in [0.1, 0.15) is 11.5 Å². The SMILES string of the molecule is CCOc1ccc(-c2sc(-c3ccc(OC)c(Br)c3)c(C)c2C)cc1. The Labute approximate surface area is 161 Å². The molecule has 0 saturated carbocycles. The van der Waals surface area contributed by atoms with E-state index in [0.717, 1.165) is 16.0 Å². The second-order valence-corrected chi connectivity index (χ2v) is 7.69. The van der Waals surface area contributed by atoms with E-state index in [9.17, 15) is 0 Å². The van der Waals surface area contributed by atoms with Crippen molar-refractivity contribution in [2.75, 3.05) is 13.7 Å². The van der Waals surface area contributed by atoms with E-state index in [1.807, 2.05) is 36.5 Å². The summed E-state index contributed by atoms with van der Waals surface area (Å²) in [5, 5.41) is 0. The van der Waals surface area contributed by atoms with Crippen molar-refractivity contribution in [1.82, 2.24) is 0 Å². The van der Waals surface area contributed by atoms with Gasteiger partial charge in [-0.3, -0.25) is 0 Å². The quantitative estimate of drug-likeness (QED) is 0.451. The van der Waals surface area contributed by atoms with E-state index in [4.69, 9.17) is 9.47 Å². The molecule has 25 heavy (non-hydrogen) atoms. The number of methoxy groups -OCH3 is 1. The van der Waals surface area contributed by atoms with Gasteiger partial charge in [0, 0.05) is 9.75 Å². The van der Waals surface area contributed by atoms with Crippen LogP contribution in [0.4, 0.5) is 0 Å². The normalized spacial score (nSPS) is 10.8. The Morgan fingerprint density at radius 1 is 0.920 bits per heavy atom. The molecule has 1 heterocycles. The molecule has 0 fully saturated rings. The maximum Gasteiger partial charge on any atom is 0.133 e. The third-order valence-electron chi connectivity index (χ3n) is 4.29. The summed E-state index contributed by atoms with van der Waals surface area (Å²) in [6.07, 6.45) is 0. The van der Waals surface area contributed by atoms with E-state index in [2.05, 4.69) is 54.0 Å². The zero-order chi connectivity index (χ0) is 18.0. The van der Waals surface area contributed by atoms with Crippen molar-refractivity contribution in [1.29, 1.82) is 0 Å². The van der Waals surface area contributed by atoms with Gasteiger partial charge in [0.2, 0.25) is 0 Å². The van der Waals surface area contributed by atoms with Gasteiger partial charge in [-0.15, -0.1) is 11.3 Å². The smallest absolute Gasteiger partial charge is 0.133 e. The molecule has 0 saturated heterocycles. The highest BCUT2D eigenvalue weighted by Gasteiger charge is 2.15. The summed E-state index contributed by atoms with van der Waals surface area (Å²) in [4.78, 5) is 2.60. The van der Waals surface area contributed by atoms with Crippen LogP contribution in [0.1, 0.15) is 18.1 Å². The molecular formula is C21H21BrO2S. The lowest BCUT2D eigenvalue weighted by atomic mass is 10.0. The third kappa shape index (κ3) is 3.60. The largest absolute Gasteiger partial charge is 0.496 e. The fourth-order valence-electron chi connectivity index (χ4n) is 2.82. The standard InChI is InChI=1S/C21H21BrO2S/c1-5-24-17-9-6-15(7-10-17)20-13(2)14(3)21(25-20)16-8-11-19(23-4)18(22)12-16/h6-12H,5H2,1-4H3. The van der Waals surface area contributed by atoms with Gasteiger partial charge in [0.25, 0.3) is 0 Å². The molecule has 1 aromatic heterocycles. The highest BCUT2D eigenvalue weighted by atomic mass is 79.9. The predicted octanol–water partition coefficient (Wildman–Crippen LogP) is 6.87. The first kappa shape index (κ1) is 18.0. The van der Waals surface area contributed by atoms with Crippen LogP contribution < -0.4 is 9.47 Å². The summed E-state index contributed by atoms with van der Waals surface area (Å²) in [6.45, 7) is 7.07. The van der Waals surface area contributed by atoms with Crippen molar-refractivity contribution >= 4 is 27.3 Å². The first-order valence-electron chi connectivity index (χ1n) is 8.22. The van der Waals surface area contributed by atoms with Crippen molar-refractivity contribution in [2.45, 2.75) is 20.8 Å². The average molecular weight is 417 g/mol. The monoisotopic (exact) mass is 416 g/mol. The summed E-state index contributed by atoms with van der Waals surface area (Å²) < 4.78 is 11.9. The Hall–Kier alpha value is -1.78. The molecule has 0 radical (unpaired) electrons. The van der Waals surface area contributed by atoms with E-state index in [1.165, 1.54) is 32.0 Å². The molecule has 0 N–H and O–H groups in total.